The average Bonchev–Trinajstić information content (AvgIpc) is 2.85. The molecule has 0 saturated carbocycles. The fourth-order valence-corrected chi connectivity index (χ4v) is 3.63. The van der Waals surface area contributed by atoms with E-state index in [9.17, 15) is 9.59 Å². The van der Waals surface area contributed by atoms with E-state index < -0.39 is 11.6 Å². The Morgan fingerprint density at radius 3 is 2.48 bits per heavy atom. The van der Waals surface area contributed by atoms with Gasteiger partial charge in [-0.25, -0.2) is 9.59 Å². The number of carboxylic acid groups (broad SMARTS) is 1. The number of amides is 3. The van der Waals surface area contributed by atoms with Crippen LogP contribution in [-0.4, -0.2) is 64.2 Å². The Kier molecular flexibility index (Phi) is 4.00. The molecule has 1 aromatic carbocycles. The predicted molar refractivity (Wildman–Crippen MR) is 89.4 cm³/mol. The summed E-state index contributed by atoms with van der Waals surface area (Å²) in [5.74, 6) is 0. The summed E-state index contributed by atoms with van der Waals surface area (Å²) in [5.41, 5.74) is 0.618. The molecular weight excluding hydrogens is 362 g/mol. The van der Waals surface area contributed by atoms with Crippen LogP contribution in [0.5, 0.6) is 0 Å². The van der Waals surface area contributed by atoms with Crippen LogP contribution in [0, 0.1) is 0 Å². The molecule has 1 atom stereocenters. The van der Waals surface area contributed by atoms with E-state index in [-0.39, 0.29) is 12.1 Å². The molecule has 124 valence electrons. The fraction of sp³-hybridized carbons (Fsp3) is 0.500. The molecule has 23 heavy (non-hydrogen) atoms. The van der Waals surface area contributed by atoms with Crippen molar-refractivity contribution in [2.45, 2.75) is 25.4 Å². The van der Waals surface area contributed by atoms with Crippen LogP contribution >= 0.6 is 15.9 Å². The molecule has 2 heterocycles. The second-order valence-electron chi connectivity index (χ2n) is 6.53. The Morgan fingerprint density at radius 1 is 1.22 bits per heavy atom. The van der Waals surface area contributed by atoms with Crippen molar-refractivity contribution in [3.63, 3.8) is 0 Å². The molecule has 0 aliphatic carbocycles. The number of carbonyl (C=O) groups is 2. The highest BCUT2D eigenvalue weighted by Gasteiger charge is 2.47. The minimum absolute atomic E-state index is 0.00652. The summed E-state index contributed by atoms with van der Waals surface area (Å²) < 4.78 is 0.999. The van der Waals surface area contributed by atoms with Gasteiger partial charge < -0.3 is 19.8 Å². The molecule has 6 nitrogen and oxygen atoms in total. The Labute approximate surface area is 143 Å². The smallest absolute Gasteiger partial charge is 0.407 e. The Bertz CT molecular complexity index is 632. The topological polar surface area (TPSA) is 64.1 Å². The number of rotatable bonds is 2. The molecule has 7 heteroatoms. The van der Waals surface area contributed by atoms with Crippen molar-refractivity contribution in [1.82, 2.24) is 14.7 Å². The lowest BCUT2D eigenvalue weighted by molar-refractivity contribution is 0.0994. The number of piperazine rings is 1. The van der Waals surface area contributed by atoms with Gasteiger partial charge in [0, 0.05) is 30.7 Å². The van der Waals surface area contributed by atoms with Gasteiger partial charge in [-0.05, 0) is 31.5 Å². The van der Waals surface area contributed by atoms with Crippen molar-refractivity contribution in [2.24, 2.45) is 0 Å². The lowest BCUT2D eigenvalue weighted by Crippen LogP contribution is -2.53. The number of halogens is 1. The molecule has 0 spiro atoms. The maximum atomic E-state index is 12.8. The second-order valence-corrected chi connectivity index (χ2v) is 7.45. The molecule has 0 radical (unpaired) electrons. The molecule has 2 aliphatic rings. The molecule has 1 unspecified atom stereocenters. The number of hydrogen-bond donors (Lipinski definition) is 1. The van der Waals surface area contributed by atoms with Gasteiger partial charge >= 0.3 is 12.1 Å². The van der Waals surface area contributed by atoms with Crippen molar-refractivity contribution in [3.05, 3.63) is 34.3 Å². The van der Waals surface area contributed by atoms with Crippen LogP contribution in [0.1, 0.15) is 19.4 Å². The molecule has 3 amide bonds. The average molecular weight is 382 g/mol. The number of nitrogens with zero attached hydrogens (tertiary/aromatic N) is 3. The van der Waals surface area contributed by atoms with Gasteiger partial charge in [0.15, 0.2) is 0 Å². The molecule has 1 aromatic rings. The summed E-state index contributed by atoms with van der Waals surface area (Å²) >= 11 is 3.43. The van der Waals surface area contributed by atoms with E-state index >= 15 is 0 Å². The highest BCUT2D eigenvalue weighted by atomic mass is 79.9. The molecule has 2 aliphatic heterocycles. The molecule has 0 aromatic heterocycles. The summed E-state index contributed by atoms with van der Waals surface area (Å²) in [7, 11) is 0. The van der Waals surface area contributed by atoms with Crippen LogP contribution in [0.3, 0.4) is 0 Å². The zero-order valence-electron chi connectivity index (χ0n) is 13.2. The van der Waals surface area contributed by atoms with Gasteiger partial charge in [0.25, 0.3) is 0 Å². The molecule has 2 saturated heterocycles. The van der Waals surface area contributed by atoms with Crippen molar-refractivity contribution in [3.8, 4) is 0 Å². The highest BCUT2D eigenvalue weighted by Crippen LogP contribution is 2.34. The first-order valence-electron chi connectivity index (χ1n) is 7.63. The first kappa shape index (κ1) is 16.1. The molecule has 1 N–H and O–H groups in total. The third-order valence-electron chi connectivity index (χ3n) is 4.85. The van der Waals surface area contributed by atoms with E-state index in [4.69, 9.17) is 5.11 Å². The molecular formula is C16H20BrN3O3. The first-order valence-corrected chi connectivity index (χ1v) is 8.42. The van der Waals surface area contributed by atoms with Crippen molar-refractivity contribution >= 4 is 28.1 Å². The highest BCUT2D eigenvalue weighted by molar-refractivity contribution is 9.10. The van der Waals surface area contributed by atoms with Gasteiger partial charge in [0.1, 0.15) is 0 Å². The van der Waals surface area contributed by atoms with E-state index in [0.29, 0.717) is 26.2 Å². The number of carbonyl (C=O) groups excluding carboxylic acids is 1. The Hall–Kier alpha value is -1.76. The van der Waals surface area contributed by atoms with Crippen molar-refractivity contribution in [2.75, 3.05) is 26.2 Å². The number of fused-ring (bicyclic) bond motifs is 1. The third-order valence-corrected chi connectivity index (χ3v) is 5.38. The quantitative estimate of drug-likeness (QED) is 0.856. The van der Waals surface area contributed by atoms with Crippen LogP contribution in [-0.2, 0) is 5.54 Å². The van der Waals surface area contributed by atoms with Crippen LogP contribution < -0.4 is 0 Å². The number of urea groups is 1. The summed E-state index contributed by atoms with van der Waals surface area (Å²) in [6.45, 7) is 5.83. The number of hydrogen-bond acceptors (Lipinski definition) is 2. The summed E-state index contributed by atoms with van der Waals surface area (Å²) in [6, 6.07) is 7.89. The largest absolute Gasteiger partial charge is 0.465 e. The summed E-state index contributed by atoms with van der Waals surface area (Å²) in [6.07, 6.45) is -0.914. The lowest BCUT2D eigenvalue weighted by atomic mass is 9.92. The Morgan fingerprint density at radius 2 is 1.87 bits per heavy atom. The monoisotopic (exact) mass is 381 g/mol. The van der Waals surface area contributed by atoms with Gasteiger partial charge in [-0.3, -0.25) is 0 Å². The maximum absolute atomic E-state index is 12.8. The SMILES string of the molecule is CC(C)(c1ccc(Br)cc1)N1CC2CN(C(=O)O)CCN2C1=O. The lowest BCUT2D eigenvalue weighted by Gasteiger charge is -2.36. The number of benzene rings is 1. The van der Waals surface area contributed by atoms with Crippen LogP contribution in [0.2, 0.25) is 0 Å². The summed E-state index contributed by atoms with van der Waals surface area (Å²) in [5, 5.41) is 9.16. The third kappa shape index (κ3) is 2.78. The van der Waals surface area contributed by atoms with Crippen LogP contribution in [0.4, 0.5) is 9.59 Å². The van der Waals surface area contributed by atoms with E-state index in [1.807, 2.05) is 43.0 Å². The molecule has 2 fully saturated rings. The summed E-state index contributed by atoms with van der Waals surface area (Å²) in [4.78, 5) is 29.0. The van der Waals surface area contributed by atoms with Crippen LogP contribution in [0.25, 0.3) is 0 Å². The molecule has 3 rings (SSSR count). The zero-order valence-corrected chi connectivity index (χ0v) is 14.8. The van der Waals surface area contributed by atoms with E-state index in [1.54, 1.807) is 4.90 Å². The van der Waals surface area contributed by atoms with Crippen LogP contribution in [0.15, 0.2) is 28.7 Å². The van der Waals surface area contributed by atoms with Gasteiger partial charge in [-0.1, -0.05) is 28.1 Å². The van der Waals surface area contributed by atoms with Crippen molar-refractivity contribution in [1.29, 1.82) is 0 Å². The predicted octanol–water partition coefficient (Wildman–Crippen LogP) is 2.78. The van der Waals surface area contributed by atoms with Gasteiger partial charge in [-0.15, -0.1) is 0 Å². The fourth-order valence-electron chi connectivity index (χ4n) is 3.36. The maximum Gasteiger partial charge on any atom is 0.407 e. The minimum Gasteiger partial charge on any atom is -0.465 e. The normalized spacial score (nSPS) is 21.6. The van der Waals surface area contributed by atoms with E-state index in [2.05, 4.69) is 15.9 Å². The van der Waals surface area contributed by atoms with Gasteiger partial charge in [0.05, 0.1) is 11.6 Å². The van der Waals surface area contributed by atoms with Gasteiger partial charge in [-0.2, -0.15) is 0 Å². The van der Waals surface area contributed by atoms with E-state index in [1.165, 1.54) is 4.90 Å². The zero-order chi connectivity index (χ0) is 16.8. The molecule has 0 bridgehead atoms. The Balaban J connectivity index is 1.82. The van der Waals surface area contributed by atoms with Crippen molar-refractivity contribution < 1.29 is 14.7 Å². The second kappa shape index (κ2) is 5.70. The standard InChI is InChI=1S/C16H20BrN3O3/c1-16(2,11-3-5-12(17)6-4-11)20-10-13-9-18(15(22)23)7-8-19(13)14(20)21/h3-6,13H,7-10H2,1-2H3,(H,22,23). The van der Waals surface area contributed by atoms with Gasteiger partial charge in [0.2, 0.25) is 0 Å². The first-order chi connectivity index (χ1) is 10.8. The minimum atomic E-state index is -0.914. The van der Waals surface area contributed by atoms with E-state index in [0.717, 1.165) is 10.0 Å².